The average Bonchev–Trinajstić information content (AvgIpc) is 3.52. The Morgan fingerprint density at radius 1 is 1.19 bits per heavy atom. The molecule has 1 saturated heterocycles. The van der Waals surface area contributed by atoms with Gasteiger partial charge < -0.3 is 15.5 Å². The molecule has 0 aromatic heterocycles. The van der Waals surface area contributed by atoms with Gasteiger partial charge in [0.1, 0.15) is 0 Å². The van der Waals surface area contributed by atoms with Crippen LogP contribution in [0.15, 0.2) is 30.3 Å². The molecule has 1 saturated carbocycles. The molecular weight excluding hydrogens is 392 g/mol. The van der Waals surface area contributed by atoms with Gasteiger partial charge in [0.15, 0.2) is 0 Å². The van der Waals surface area contributed by atoms with Gasteiger partial charge in [-0.15, -0.1) is 0 Å². The van der Waals surface area contributed by atoms with Crippen molar-refractivity contribution >= 4 is 17.7 Å². The van der Waals surface area contributed by atoms with Gasteiger partial charge in [0.2, 0.25) is 17.7 Å². The number of carbonyl (C=O) groups is 3. The van der Waals surface area contributed by atoms with Crippen LogP contribution in [0.1, 0.15) is 38.7 Å². The fourth-order valence-electron chi connectivity index (χ4n) is 4.26. The maximum absolute atomic E-state index is 13.2. The Bertz CT molecular complexity index is 763. The molecule has 0 spiro atoms. The second-order valence-corrected chi connectivity index (χ2v) is 9.44. The van der Waals surface area contributed by atoms with E-state index in [0.717, 1.165) is 18.7 Å². The zero-order valence-corrected chi connectivity index (χ0v) is 18.8. The zero-order valence-electron chi connectivity index (χ0n) is 18.8. The highest BCUT2D eigenvalue weighted by Gasteiger charge is 2.36. The first-order chi connectivity index (χ1) is 14.8. The van der Waals surface area contributed by atoms with Crippen molar-refractivity contribution in [2.24, 2.45) is 17.6 Å². The van der Waals surface area contributed by atoms with Crippen LogP contribution in [0.4, 0.5) is 0 Å². The van der Waals surface area contributed by atoms with E-state index in [9.17, 15) is 14.4 Å². The lowest BCUT2D eigenvalue weighted by molar-refractivity contribution is -0.143. The summed E-state index contributed by atoms with van der Waals surface area (Å²) in [5, 5.41) is 0. The standard InChI is InChI=1S/C24H36N4O3/c1-18(2)13-27-17-24(31)28(14-20-8-9-20)15-21(27)12-23(30)26(16-22(25)29)11-10-19-6-4-3-5-7-19/h3-7,18,20-21H,8-17H2,1-2H3,(H2,25,29). The van der Waals surface area contributed by atoms with Crippen molar-refractivity contribution < 1.29 is 14.4 Å². The largest absolute Gasteiger partial charge is 0.368 e. The number of hydrogen-bond donors (Lipinski definition) is 1. The van der Waals surface area contributed by atoms with Crippen molar-refractivity contribution in [1.29, 1.82) is 0 Å². The third-order valence-corrected chi connectivity index (χ3v) is 6.04. The molecule has 1 aliphatic carbocycles. The Kier molecular flexibility index (Phi) is 8.07. The van der Waals surface area contributed by atoms with Crippen LogP contribution in [0.3, 0.4) is 0 Å². The van der Waals surface area contributed by atoms with E-state index in [1.165, 1.54) is 12.8 Å². The van der Waals surface area contributed by atoms with Crippen LogP contribution in [0.2, 0.25) is 0 Å². The van der Waals surface area contributed by atoms with E-state index >= 15 is 0 Å². The zero-order chi connectivity index (χ0) is 22.4. The summed E-state index contributed by atoms with van der Waals surface area (Å²) in [7, 11) is 0. The van der Waals surface area contributed by atoms with E-state index < -0.39 is 5.91 Å². The third-order valence-electron chi connectivity index (χ3n) is 6.04. The summed E-state index contributed by atoms with van der Waals surface area (Å²) in [5.74, 6) is 0.604. The highest BCUT2D eigenvalue weighted by molar-refractivity contribution is 5.84. The van der Waals surface area contributed by atoms with Crippen LogP contribution < -0.4 is 5.73 Å². The van der Waals surface area contributed by atoms with E-state index in [0.29, 0.717) is 44.3 Å². The monoisotopic (exact) mass is 428 g/mol. The van der Waals surface area contributed by atoms with E-state index in [4.69, 9.17) is 5.73 Å². The van der Waals surface area contributed by atoms with Gasteiger partial charge in [-0.05, 0) is 36.7 Å². The minimum Gasteiger partial charge on any atom is -0.368 e. The van der Waals surface area contributed by atoms with Crippen LogP contribution in [-0.4, -0.2) is 77.7 Å². The summed E-state index contributed by atoms with van der Waals surface area (Å²) in [5.41, 5.74) is 6.55. The fourth-order valence-corrected chi connectivity index (χ4v) is 4.26. The molecule has 31 heavy (non-hydrogen) atoms. The van der Waals surface area contributed by atoms with Gasteiger partial charge >= 0.3 is 0 Å². The number of nitrogens with zero attached hydrogens (tertiary/aromatic N) is 3. The summed E-state index contributed by atoms with van der Waals surface area (Å²) in [6, 6.07) is 9.88. The predicted molar refractivity (Wildman–Crippen MR) is 120 cm³/mol. The average molecular weight is 429 g/mol. The van der Waals surface area contributed by atoms with Crippen LogP contribution >= 0.6 is 0 Å². The number of carbonyl (C=O) groups excluding carboxylic acids is 3. The molecule has 2 fully saturated rings. The maximum Gasteiger partial charge on any atom is 0.237 e. The molecule has 7 heteroatoms. The van der Waals surface area contributed by atoms with Crippen LogP contribution in [0.25, 0.3) is 0 Å². The molecule has 1 aliphatic heterocycles. The SMILES string of the molecule is CC(C)CN1CC(=O)N(CC2CC2)CC1CC(=O)N(CCc1ccccc1)CC(N)=O. The molecule has 1 heterocycles. The normalized spacial score (nSPS) is 19.6. The first kappa shape index (κ1) is 23.3. The molecule has 170 valence electrons. The number of rotatable bonds is 11. The summed E-state index contributed by atoms with van der Waals surface area (Å²) < 4.78 is 0. The van der Waals surface area contributed by atoms with Crippen LogP contribution in [-0.2, 0) is 20.8 Å². The summed E-state index contributed by atoms with van der Waals surface area (Å²) in [4.78, 5) is 43.1. The van der Waals surface area contributed by atoms with Crippen molar-refractivity contribution in [2.45, 2.75) is 45.6 Å². The predicted octanol–water partition coefficient (Wildman–Crippen LogP) is 1.51. The quantitative estimate of drug-likeness (QED) is 0.579. The number of primary amides is 1. The fraction of sp³-hybridized carbons (Fsp3) is 0.625. The highest BCUT2D eigenvalue weighted by Crippen LogP contribution is 2.31. The van der Waals surface area contributed by atoms with Crippen molar-refractivity contribution in [3.8, 4) is 0 Å². The third kappa shape index (κ3) is 7.35. The molecule has 1 aromatic carbocycles. The lowest BCUT2D eigenvalue weighted by Crippen LogP contribution is -2.58. The maximum atomic E-state index is 13.2. The topological polar surface area (TPSA) is 87.0 Å². The van der Waals surface area contributed by atoms with E-state index in [2.05, 4.69) is 18.7 Å². The lowest BCUT2D eigenvalue weighted by Gasteiger charge is -2.42. The molecule has 3 rings (SSSR count). The van der Waals surface area contributed by atoms with Gasteiger partial charge in [0.05, 0.1) is 13.1 Å². The number of hydrogen-bond acceptors (Lipinski definition) is 4. The summed E-state index contributed by atoms with van der Waals surface area (Å²) >= 11 is 0. The minimum absolute atomic E-state index is 0.0292. The van der Waals surface area contributed by atoms with E-state index in [1.807, 2.05) is 35.2 Å². The van der Waals surface area contributed by atoms with Crippen LogP contribution in [0, 0.1) is 11.8 Å². The summed E-state index contributed by atoms with van der Waals surface area (Å²) in [6.45, 7) is 7.15. The number of nitrogens with two attached hydrogens (primary N) is 1. The molecule has 1 unspecified atom stereocenters. The number of amides is 3. The van der Waals surface area contributed by atoms with Gasteiger partial charge in [-0.1, -0.05) is 44.2 Å². The molecule has 1 atom stereocenters. The highest BCUT2D eigenvalue weighted by atomic mass is 16.2. The minimum atomic E-state index is -0.505. The molecule has 3 amide bonds. The lowest BCUT2D eigenvalue weighted by atomic mass is 10.0. The van der Waals surface area contributed by atoms with Gasteiger partial charge in [-0.25, -0.2) is 0 Å². The first-order valence-corrected chi connectivity index (χ1v) is 11.4. The van der Waals surface area contributed by atoms with Gasteiger partial charge in [-0.3, -0.25) is 19.3 Å². The van der Waals surface area contributed by atoms with E-state index in [1.54, 1.807) is 4.90 Å². The van der Waals surface area contributed by atoms with Crippen molar-refractivity contribution in [2.75, 3.05) is 39.3 Å². The van der Waals surface area contributed by atoms with Gasteiger partial charge in [0.25, 0.3) is 0 Å². The molecule has 2 N–H and O–H groups in total. The van der Waals surface area contributed by atoms with Crippen molar-refractivity contribution in [3.05, 3.63) is 35.9 Å². The molecule has 1 aromatic rings. The van der Waals surface area contributed by atoms with Gasteiger partial charge in [-0.2, -0.15) is 0 Å². The van der Waals surface area contributed by atoms with Gasteiger partial charge in [0, 0.05) is 38.6 Å². The number of benzene rings is 1. The summed E-state index contributed by atoms with van der Waals surface area (Å²) in [6.07, 6.45) is 3.35. The molecule has 0 radical (unpaired) electrons. The Hall–Kier alpha value is -2.41. The Balaban J connectivity index is 1.66. The first-order valence-electron chi connectivity index (χ1n) is 11.4. The molecular formula is C24H36N4O3. The Morgan fingerprint density at radius 3 is 2.52 bits per heavy atom. The molecule has 7 nitrogen and oxygen atoms in total. The smallest absolute Gasteiger partial charge is 0.237 e. The second-order valence-electron chi connectivity index (χ2n) is 9.44. The second kappa shape index (κ2) is 10.8. The van der Waals surface area contributed by atoms with Crippen LogP contribution in [0.5, 0.6) is 0 Å². The van der Waals surface area contributed by atoms with E-state index in [-0.39, 0.29) is 24.4 Å². The Labute approximate surface area is 185 Å². The number of piperazine rings is 1. The van der Waals surface area contributed by atoms with Crippen molar-refractivity contribution in [1.82, 2.24) is 14.7 Å². The van der Waals surface area contributed by atoms with Crippen molar-refractivity contribution in [3.63, 3.8) is 0 Å². The molecule has 2 aliphatic rings. The molecule has 0 bridgehead atoms. The Morgan fingerprint density at radius 2 is 1.90 bits per heavy atom.